The number of rotatable bonds is 9. The number of benzene rings is 2. The lowest BCUT2D eigenvalue weighted by molar-refractivity contribution is 0.164. The molecular formula is C34H40N10O9. The number of nitrogens with zero attached hydrogens (tertiary/aromatic N) is 3. The number of aromatic amines is 4. The summed E-state index contributed by atoms with van der Waals surface area (Å²) in [5.41, 5.74) is 6.33. The minimum absolute atomic E-state index is 0.0373. The van der Waals surface area contributed by atoms with E-state index in [-0.39, 0.29) is 29.4 Å². The third kappa shape index (κ3) is 8.63. The van der Waals surface area contributed by atoms with E-state index in [1.54, 1.807) is 38.4 Å². The second-order valence-corrected chi connectivity index (χ2v) is 12.4. The first-order valence-electron chi connectivity index (χ1n) is 16.8. The fourth-order valence-electron chi connectivity index (χ4n) is 5.83. The standard InChI is InChI=1S/C17H19N5O5.C17H21N5O4/c1-3-22(2)17(25)27-10-6-4-9-5-7-12(11(9)8-10)18-14-13(21-26)15(23)20-16(24)19-14;1-3-22(2)17(25)26-10-6-4-9-5-7-12(11(9)8-10)19-14-13(18)15(23)21-16(24)20-14/h4,6,8,12H,3,5,7H2,1-2H3,(H3,18,19,20,23,24);4,6,8,12H,3,5,7,18H2,1-2H3,(H3,19,20,21,23,24). The second kappa shape index (κ2) is 16.1. The molecule has 2 aliphatic rings. The van der Waals surface area contributed by atoms with Crippen LogP contribution in [0.5, 0.6) is 11.5 Å². The van der Waals surface area contributed by atoms with Crippen LogP contribution in [-0.2, 0) is 12.8 Å². The zero-order valence-electron chi connectivity index (χ0n) is 29.5. The van der Waals surface area contributed by atoms with Crippen molar-refractivity contribution in [1.29, 1.82) is 0 Å². The van der Waals surface area contributed by atoms with E-state index in [1.807, 2.05) is 31.0 Å². The number of nitrogens with two attached hydrogens (primary N) is 1. The number of nitrogen functional groups attached to an aromatic ring is 1. The summed E-state index contributed by atoms with van der Waals surface area (Å²) in [6.07, 6.45) is 2.12. The average Bonchev–Trinajstić information content (AvgIpc) is 3.72. The normalized spacial score (nSPS) is 15.2. The molecule has 280 valence electrons. The Morgan fingerprint density at radius 2 is 1.21 bits per heavy atom. The van der Waals surface area contributed by atoms with Crippen molar-refractivity contribution in [3.8, 4) is 11.5 Å². The third-order valence-corrected chi connectivity index (χ3v) is 9.00. The van der Waals surface area contributed by atoms with Crippen LogP contribution in [0.3, 0.4) is 0 Å². The summed E-state index contributed by atoms with van der Waals surface area (Å²) in [5, 5.41) is 8.80. The van der Waals surface area contributed by atoms with Gasteiger partial charge in [-0.05, 0) is 91.2 Å². The van der Waals surface area contributed by atoms with Crippen molar-refractivity contribution in [2.75, 3.05) is 43.6 Å². The van der Waals surface area contributed by atoms with E-state index in [0.717, 1.165) is 41.5 Å². The predicted octanol–water partition coefficient (Wildman–Crippen LogP) is 3.21. The number of H-pyrrole nitrogens is 4. The summed E-state index contributed by atoms with van der Waals surface area (Å²) < 4.78 is 10.7. The Labute approximate surface area is 300 Å². The number of carbonyl (C=O) groups excluding carboxylic acids is 2. The van der Waals surface area contributed by atoms with Gasteiger partial charge >= 0.3 is 23.6 Å². The minimum Gasteiger partial charge on any atom is -0.410 e. The van der Waals surface area contributed by atoms with Gasteiger partial charge in [0, 0.05) is 27.2 Å². The molecule has 2 aliphatic carbocycles. The van der Waals surface area contributed by atoms with Crippen LogP contribution in [0.15, 0.2) is 60.8 Å². The molecule has 6 rings (SSSR count). The van der Waals surface area contributed by atoms with Crippen molar-refractivity contribution in [1.82, 2.24) is 29.7 Å². The molecule has 19 nitrogen and oxygen atoms in total. The van der Waals surface area contributed by atoms with Crippen molar-refractivity contribution in [2.24, 2.45) is 5.18 Å². The van der Waals surface area contributed by atoms with Crippen LogP contribution in [0.1, 0.15) is 61.0 Å². The van der Waals surface area contributed by atoms with Gasteiger partial charge in [0.1, 0.15) is 28.8 Å². The van der Waals surface area contributed by atoms with Crippen LogP contribution in [0.4, 0.5) is 32.6 Å². The first-order chi connectivity index (χ1) is 25.3. The van der Waals surface area contributed by atoms with Crippen molar-refractivity contribution in [2.45, 2.75) is 51.6 Å². The number of amides is 2. The highest BCUT2D eigenvalue weighted by atomic mass is 16.6. The highest BCUT2D eigenvalue weighted by Gasteiger charge is 2.27. The molecule has 2 heterocycles. The van der Waals surface area contributed by atoms with Crippen LogP contribution in [0.2, 0.25) is 0 Å². The molecule has 0 aliphatic heterocycles. The maximum atomic E-state index is 11.9. The Hall–Kier alpha value is -6.66. The predicted molar refractivity (Wildman–Crippen MR) is 196 cm³/mol. The zero-order valence-corrected chi connectivity index (χ0v) is 29.5. The van der Waals surface area contributed by atoms with Crippen molar-refractivity contribution < 1.29 is 19.1 Å². The average molecular weight is 733 g/mol. The molecule has 2 atom stereocenters. The van der Waals surface area contributed by atoms with Crippen LogP contribution in [-0.4, -0.2) is 69.1 Å². The number of aromatic nitrogens is 4. The highest BCUT2D eigenvalue weighted by Crippen LogP contribution is 2.38. The lowest BCUT2D eigenvalue weighted by Crippen LogP contribution is -2.29. The molecule has 2 aromatic carbocycles. The van der Waals surface area contributed by atoms with Gasteiger partial charge in [0.2, 0.25) is 5.69 Å². The van der Waals surface area contributed by atoms with E-state index < -0.39 is 40.4 Å². The number of carbonyl (C=O) groups is 2. The van der Waals surface area contributed by atoms with Gasteiger partial charge in [-0.3, -0.25) is 29.5 Å². The van der Waals surface area contributed by atoms with E-state index in [0.29, 0.717) is 31.0 Å². The fourth-order valence-corrected chi connectivity index (χ4v) is 5.83. The number of nitrogens with one attached hydrogen (secondary N) is 6. The van der Waals surface area contributed by atoms with Gasteiger partial charge in [-0.25, -0.2) is 19.2 Å². The molecule has 8 N–H and O–H groups in total. The SMILES string of the molecule is CCN(C)C(=O)Oc1ccc2c(c1)C(Nc1[nH]c(=O)[nH]c(=O)c1N)CC2.CCN(C)C(=O)Oc1ccc2c(c1)C(Nc1[nH]c(=O)[nH]c(=O)c1N=O)CC2. The molecule has 2 aromatic heterocycles. The molecule has 2 amide bonds. The molecule has 0 radical (unpaired) electrons. The van der Waals surface area contributed by atoms with Gasteiger partial charge in [-0.15, -0.1) is 4.91 Å². The summed E-state index contributed by atoms with van der Waals surface area (Å²) >= 11 is 0. The lowest BCUT2D eigenvalue weighted by atomic mass is 10.1. The van der Waals surface area contributed by atoms with Crippen LogP contribution in [0, 0.1) is 4.91 Å². The maximum Gasteiger partial charge on any atom is 0.414 e. The van der Waals surface area contributed by atoms with Gasteiger partial charge < -0.3 is 35.6 Å². The summed E-state index contributed by atoms with van der Waals surface area (Å²) in [5.74, 6) is 0.977. The molecule has 19 heteroatoms. The van der Waals surface area contributed by atoms with Gasteiger partial charge in [-0.1, -0.05) is 12.1 Å². The zero-order chi connectivity index (χ0) is 38.4. The van der Waals surface area contributed by atoms with Crippen LogP contribution < -0.4 is 48.3 Å². The Balaban J connectivity index is 0.000000204. The molecular weight excluding hydrogens is 692 g/mol. The highest BCUT2D eigenvalue weighted by molar-refractivity contribution is 5.71. The Kier molecular flexibility index (Phi) is 11.4. The topological polar surface area (TPSA) is 270 Å². The number of aryl methyl sites for hydroxylation is 2. The Morgan fingerprint density at radius 3 is 1.68 bits per heavy atom. The van der Waals surface area contributed by atoms with Crippen molar-refractivity contribution in [3.05, 3.63) is 105 Å². The number of ether oxygens (including phenoxy) is 2. The second-order valence-electron chi connectivity index (χ2n) is 12.4. The van der Waals surface area contributed by atoms with Crippen molar-refractivity contribution in [3.63, 3.8) is 0 Å². The number of fused-ring (bicyclic) bond motifs is 2. The lowest BCUT2D eigenvalue weighted by Gasteiger charge is -2.18. The quantitative estimate of drug-likeness (QED) is 0.122. The monoisotopic (exact) mass is 732 g/mol. The molecule has 0 saturated carbocycles. The number of nitroso groups, excluding NO2 is 1. The largest absolute Gasteiger partial charge is 0.414 e. The molecule has 0 bridgehead atoms. The van der Waals surface area contributed by atoms with E-state index in [4.69, 9.17) is 15.2 Å². The molecule has 0 saturated heterocycles. The number of hydrogen-bond donors (Lipinski definition) is 7. The molecule has 4 aromatic rings. The van der Waals surface area contributed by atoms with E-state index in [2.05, 4.69) is 30.8 Å². The first-order valence-corrected chi connectivity index (χ1v) is 16.8. The van der Waals surface area contributed by atoms with E-state index in [9.17, 15) is 33.7 Å². The van der Waals surface area contributed by atoms with Gasteiger partial charge in [0.25, 0.3) is 11.1 Å². The maximum absolute atomic E-state index is 11.9. The Morgan fingerprint density at radius 1 is 0.755 bits per heavy atom. The molecule has 2 unspecified atom stereocenters. The minimum atomic E-state index is -0.861. The summed E-state index contributed by atoms with van der Waals surface area (Å²) in [6.45, 7) is 4.76. The van der Waals surface area contributed by atoms with Crippen LogP contribution in [0.25, 0.3) is 0 Å². The summed E-state index contributed by atoms with van der Waals surface area (Å²) in [4.78, 5) is 93.0. The Bertz CT molecular complexity index is 2260. The third-order valence-electron chi connectivity index (χ3n) is 9.00. The van der Waals surface area contributed by atoms with E-state index in [1.165, 1.54) is 9.80 Å². The molecule has 0 fully saturated rings. The summed E-state index contributed by atoms with van der Waals surface area (Å²) in [6, 6.07) is 10.3. The fraction of sp³-hybridized carbons (Fsp3) is 0.353. The van der Waals surface area contributed by atoms with Gasteiger partial charge in [-0.2, -0.15) is 0 Å². The van der Waals surface area contributed by atoms with Crippen molar-refractivity contribution >= 4 is 35.2 Å². The summed E-state index contributed by atoms with van der Waals surface area (Å²) in [7, 11) is 3.30. The number of hydrogen-bond acceptors (Lipinski definition) is 13. The first kappa shape index (κ1) is 37.6. The van der Waals surface area contributed by atoms with Gasteiger partial charge in [0.05, 0.1) is 12.1 Å². The van der Waals surface area contributed by atoms with E-state index >= 15 is 0 Å². The smallest absolute Gasteiger partial charge is 0.410 e. The van der Waals surface area contributed by atoms with Gasteiger partial charge in [0.15, 0.2) is 0 Å². The molecule has 53 heavy (non-hydrogen) atoms. The number of anilines is 3. The van der Waals surface area contributed by atoms with Crippen LogP contribution >= 0.6 is 0 Å². The molecule has 0 spiro atoms.